The highest BCUT2D eigenvalue weighted by molar-refractivity contribution is 5.80. The van der Waals surface area contributed by atoms with E-state index in [4.69, 9.17) is 14.2 Å². The first-order valence-corrected chi connectivity index (χ1v) is 9.55. The number of hydrogen-bond donors (Lipinski definition) is 1. The Kier molecular flexibility index (Phi) is 8.23. The highest BCUT2D eigenvalue weighted by Crippen LogP contribution is 2.33. The van der Waals surface area contributed by atoms with Crippen molar-refractivity contribution in [2.24, 2.45) is 4.99 Å². The van der Waals surface area contributed by atoms with Gasteiger partial charge in [-0.1, -0.05) is 0 Å². The molecular weight excluding hydrogens is 346 g/mol. The van der Waals surface area contributed by atoms with Crippen LogP contribution in [0.25, 0.3) is 0 Å². The number of guanidine groups is 1. The fourth-order valence-corrected chi connectivity index (χ4v) is 3.13. The predicted octanol–water partition coefficient (Wildman–Crippen LogP) is 2.37. The minimum Gasteiger partial charge on any atom is -0.493 e. The molecule has 0 fully saturated rings. The van der Waals surface area contributed by atoms with E-state index in [1.165, 1.54) is 11.1 Å². The molecular formula is C20H31N3O4. The molecule has 1 aromatic rings. The van der Waals surface area contributed by atoms with E-state index in [9.17, 15) is 4.79 Å². The second kappa shape index (κ2) is 10.6. The van der Waals surface area contributed by atoms with Crippen LogP contribution in [0.5, 0.6) is 11.5 Å². The van der Waals surface area contributed by atoms with Crippen LogP contribution >= 0.6 is 0 Å². The maximum atomic E-state index is 11.4. The summed E-state index contributed by atoms with van der Waals surface area (Å²) in [5, 5.41) is 3.35. The van der Waals surface area contributed by atoms with E-state index in [0.29, 0.717) is 26.0 Å². The lowest BCUT2D eigenvalue weighted by Crippen LogP contribution is -2.44. The highest BCUT2D eigenvalue weighted by Gasteiger charge is 2.21. The summed E-state index contributed by atoms with van der Waals surface area (Å²) in [6, 6.07) is 4.11. The zero-order valence-electron chi connectivity index (χ0n) is 16.8. The van der Waals surface area contributed by atoms with Crippen LogP contribution in [0.4, 0.5) is 0 Å². The first-order chi connectivity index (χ1) is 13.1. The molecule has 1 aliphatic heterocycles. The Labute approximate surface area is 161 Å². The molecule has 1 N–H and O–H groups in total. The number of nitrogens with zero attached hydrogens (tertiary/aromatic N) is 2. The Balaban J connectivity index is 2.04. The number of nitrogens with one attached hydrogen (secondary N) is 1. The third-order valence-corrected chi connectivity index (χ3v) is 4.46. The van der Waals surface area contributed by atoms with Crippen LogP contribution in [0.15, 0.2) is 17.1 Å². The van der Waals surface area contributed by atoms with Crippen LogP contribution in [0.3, 0.4) is 0 Å². The molecule has 0 amide bonds. The molecule has 0 aromatic heterocycles. The SMILES string of the molecule is CCNC(=NCCCC(=O)OCC)N1CCc2cc(OC)c(OC)cc2C1. The smallest absolute Gasteiger partial charge is 0.305 e. The molecule has 0 saturated heterocycles. The first kappa shape index (κ1) is 20.9. The zero-order valence-corrected chi connectivity index (χ0v) is 16.8. The number of esters is 1. The lowest BCUT2D eigenvalue weighted by Gasteiger charge is -2.32. The van der Waals surface area contributed by atoms with E-state index in [1.54, 1.807) is 14.2 Å². The van der Waals surface area contributed by atoms with Crippen molar-refractivity contribution >= 4 is 11.9 Å². The maximum absolute atomic E-state index is 11.4. The lowest BCUT2D eigenvalue weighted by atomic mass is 9.99. The Hall–Kier alpha value is -2.44. The van der Waals surface area contributed by atoms with Gasteiger partial charge in [0.05, 0.1) is 20.8 Å². The summed E-state index contributed by atoms with van der Waals surface area (Å²) >= 11 is 0. The number of carbonyl (C=O) groups is 1. The summed E-state index contributed by atoms with van der Waals surface area (Å²) in [6.07, 6.45) is 2.00. The van der Waals surface area contributed by atoms with Gasteiger partial charge in [0.15, 0.2) is 17.5 Å². The van der Waals surface area contributed by atoms with Gasteiger partial charge in [0.1, 0.15) is 0 Å². The van der Waals surface area contributed by atoms with Gasteiger partial charge in [0.25, 0.3) is 0 Å². The van der Waals surface area contributed by atoms with Crippen molar-refractivity contribution in [3.05, 3.63) is 23.3 Å². The fourth-order valence-electron chi connectivity index (χ4n) is 3.13. The van der Waals surface area contributed by atoms with E-state index in [1.807, 2.05) is 13.0 Å². The highest BCUT2D eigenvalue weighted by atomic mass is 16.5. The van der Waals surface area contributed by atoms with E-state index >= 15 is 0 Å². The Morgan fingerprint density at radius 3 is 2.52 bits per heavy atom. The number of rotatable bonds is 8. The van der Waals surface area contributed by atoms with E-state index in [0.717, 1.165) is 43.5 Å². The molecule has 1 aliphatic rings. The van der Waals surface area contributed by atoms with Crippen molar-refractivity contribution in [2.45, 2.75) is 39.7 Å². The summed E-state index contributed by atoms with van der Waals surface area (Å²) in [6.45, 7) is 7.33. The van der Waals surface area contributed by atoms with Gasteiger partial charge < -0.3 is 24.4 Å². The summed E-state index contributed by atoms with van der Waals surface area (Å²) in [5.74, 6) is 2.23. The third kappa shape index (κ3) is 5.77. The molecule has 0 aliphatic carbocycles. The van der Waals surface area contributed by atoms with Gasteiger partial charge in [-0.15, -0.1) is 0 Å². The van der Waals surface area contributed by atoms with Crippen LogP contribution in [-0.4, -0.2) is 57.3 Å². The van der Waals surface area contributed by atoms with Gasteiger partial charge >= 0.3 is 5.97 Å². The number of aliphatic imine (C=N–C) groups is 1. The number of benzene rings is 1. The molecule has 0 atom stereocenters. The third-order valence-electron chi connectivity index (χ3n) is 4.46. The normalized spacial score (nSPS) is 13.8. The number of fused-ring (bicyclic) bond motifs is 1. The zero-order chi connectivity index (χ0) is 19.6. The molecule has 7 nitrogen and oxygen atoms in total. The van der Waals surface area contributed by atoms with Crippen molar-refractivity contribution in [3.8, 4) is 11.5 Å². The van der Waals surface area contributed by atoms with Crippen LogP contribution in [0.1, 0.15) is 37.8 Å². The van der Waals surface area contributed by atoms with Crippen LogP contribution in [-0.2, 0) is 22.5 Å². The fraction of sp³-hybridized carbons (Fsp3) is 0.600. The van der Waals surface area contributed by atoms with Crippen molar-refractivity contribution in [1.29, 1.82) is 0 Å². The number of methoxy groups -OCH3 is 2. The summed E-state index contributed by atoms with van der Waals surface area (Å²) < 4.78 is 15.8. The van der Waals surface area contributed by atoms with Crippen molar-refractivity contribution in [2.75, 3.05) is 40.5 Å². The molecule has 0 unspecified atom stereocenters. The number of hydrogen-bond acceptors (Lipinski definition) is 5. The Bertz CT molecular complexity index is 661. The average molecular weight is 377 g/mol. The van der Waals surface area contributed by atoms with Gasteiger partial charge in [-0.05, 0) is 49.9 Å². The van der Waals surface area contributed by atoms with Crippen molar-refractivity contribution in [1.82, 2.24) is 10.2 Å². The van der Waals surface area contributed by atoms with Crippen molar-refractivity contribution < 1.29 is 19.0 Å². The van der Waals surface area contributed by atoms with Gasteiger partial charge in [-0.3, -0.25) is 9.79 Å². The lowest BCUT2D eigenvalue weighted by molar-refractivity contribution is -0.143. The minimum absolute atomic E-state index is 0.161. The molecule has 0 saturated carbocycles. The van der Waals surface area contributed by atoms with Crippen LogP contribution < -0.4 is 14.8 Å². The van der Waals surface area contributed by atoms with Gasteiger partial charge in [-0.25, -0.2) is 0 Å². The standard InChI is InChI=1S/C20H31N3O4/c1-5-21-20(22-10-7-8-19(24)27-6-2)23-11-9-15-12-17(25-3)18(26-4)13-16(15)14-23/h12-13H,5-11,14H2,1-4H3,(H,21,22). The molecule has 1 aromatic carbocycles. The molecule has 1 heterocycles. The molecule has 2 rings (SSSR count). The monoisotopic (exact) mass is 377 g/mol. The van der Waals surface area contributed by atoms with Gasteiger partial charge in [-0.2, -0.15) is 0 Å². The summed E-state index contributed by atoms with van der Waals surface area (Å²) in [5.41, 5.74) is 2.50. The first-order valence-electron chi connectivity index (χ1n) is 9.55. The second-order valence-corrected chi connectivity index (χ2v) is 6.29. The number of ether oxygens (including phenoxy) is 3. The van der Waals surface area contributed by atoms with Crippen LogP contribution in [0, 0.1) is 0 Å². The molecule has 0 radical (unpaired) electrons. The largest absolute Gasteiger partial charge is 0.493 e. The Morgan fingerprint density at radius 2 is 1.89 bits per heavy atom. The topological polar surface area (TPSA) is 72.4 Å². The Morgan fingerprint density at radius 1 is 1.19 bits per heavy atom. The van der Waals surface area contributed by atoms with Gasteiger partial charge in [0.2, 0.25) is 0 Å². The molecule has 150 valence electrons. The van der Waals surface area contributed by atoms with E-state index in [-0.39, 0.29) is 5.97 Å². The average Bonchev–Trinajstić information content (AvgIpc) is 2.69. The van der Waals surface area contributed by atoms with E-state index < -0.39 is 0 Å². The summed E-state index contributed by atoms with van der Waals surface area (Å²) in [4.78, 5) is 18.4. The van der Waals surface area contributed by atoms with Gasteiger partial charge in [0, 0.05) is 32.6 Å². The van der Waals surface area contributed by atoms with Crippen LogP contribution in [0.2, 0.25) is 0 Å². The molecule has 0 spiro atoms. The second-order valence-electron chi connectivity index (χ2n) is 6.29. The quantitative estimate of drug-likeness (QED) is 0.325. The predicted molar refractivity (Wildman–Crippen MR) is 106 cm³/mol. The van der Waals surface area contributed by atoms with Crippen molar-refractivity contribution in [3.63, 3.8) is 0 Å². The molecule has 0 bridgehead atoms. The molecule has 27 heavy (non-hydrogen) atoms. The molecule has 7 heteroatoms. The number of carbonyl (C=O) groups excluding carboxylic acids is 1. The van der Waals surface area contributed by atoms with E-state index in [2.05, 4.69) is 28.2 Å². The summed E-state index contributed by atoms with van der Waals surface area (Å²) in [7, 11) is 3.31. The minimum atomic E-state index is -0.161. The maximum Gasteiger partial charge on any atom is 0.305 e.